The van der Waals surface area contributed by atoms with Crippen LogP contribution in [0.3, 0.4) is 0 Å². The van der Waals surface area contributed by atoms with E-state index in [0.29, 0.717) is 0 Å². The number of aromatic nitrogens is 2. The van der Waals surface area contributed by atoms with Gasteiger partial charge in [0.25, 0.3) is 0 Å². The van der Waals surface area contributed by atoms with Crippen molar-refractivity contribution < 1.29 is 4.74 Å². The molecule has 1 aliphatic rings. The van der Waals surface area contributed by atoms with E-state index in [9.17, 15) is 0 Å². The van der Waals surface area contributed by atoms with E-state index in [0.717, 1.165) is 68.7 Å². The molecule has 0 amide bonds. The standard InChI is InChI=1S/C25H29ClN4O/c26-23-11-9-22(10-12-23)24(21-7-2-1-3-8-21)31-20-5-4-15-29-16-18-30(19-17-29)25-27-13-6-14-28-25/h1-3,6-14,24H,4-5,15-20H2. The molecule has 1 aliphatic heterocycles. The van der Waals surface area contributed by atoms with Gasteiger partial charge >= 0.3 is 0 Å². The first-order valence-corrected chi connectivity index (χ1v) is 11.3. The molecule has 1 fully saturated rings. The van der Waals surface area contributed by atoms with Gasteiger partial charge in [0.15, 0.2) is 0 Å². The highest BCUT2D eigenvalue weighted by Gasteiger charge is 2.18. The summed E-state index contributed by atoms with van der Waals surface area (Å²) in [5.41, 5.74) is 2.30. The van der Waals surface area contributed by atoms with Crippen LogP contribution < -0.4 is 4.90 Å². The second-order valence-electron chi connectivity index (χ2n) is 7.80. The van der Waals surface area contributed by atoms with Gasteiger partial charge in [0, 0.05) is 50.2 Å². The van der Waals surface area contributed by atoms with Gasteiger partial charge in [-0.2, -0.15) is 0 Å². The van der Waals surface area contributed by atoms with E-state index < -0.39 is 0 Å². The maximum Gasteiger partial charge on any atom is 0.225 e. The van der Waals surface area contributed by atoms with Crippen molar-refractivity contribution in [3.05, 3.63) is 89.2 Å². The molecule has 0 aliphatic carbocycles. The van der Waals surface area contributed by atoms with Gasteiger partial charge in [-0.3, -0.25) is 4.90 Å². The maximum absolute atomic E-state index is 6.33. The van der Waals surface area contributed by atoms with Gasteiger partial charge in [0.2, 0.25) is 5.95 Å². The molecule has 0 N–H and O–H groups in total. The molecule has 1 aromatic heterocycles. The quantitative estimate of drug-likeness (QED) is 0.449. The van der Waals surface area contributed by atoms with E-state index in [1.165, 1.54) is 5.56 Å². The highest BCUT2D eigenvalue weighted by molar-refractivity contribution is 6.30. The van der Waals surface area contributed by atoms with Crippen LogP contribution in [0.25, 0.3) is 0 Å². The largest absolute Gasteiger partial charge is 0.369 e. The number of piperazine rings is 1. The first-order valence-electron chi connectivity index (χ1n) is 11.0. The molecule has 2 aromatic carbocycles. The van der Waals surface area contributed by atoms with Crippen LogP contribution >= 0.6 is 11.6 Å². The predicted molar refractivity (Wildman–Crippen MR) is 126 cm³/mol. The number of hydrogen-bond donors (Lipinski definition) is 0. The fourth-order valence-electron chi connectivity index (χ4n) is 3.91. The molecule has 0 bridgehead atoms. The fraction of sp³-hybridized carbons (Fsp3) is 0.360. The molecular weight excluding hydrogens is 408 g/mol. The third-order valence-corrected chi connectivity index (χ3v) is 5.89. The highest BCUT2D eigenvalue weighted by atomic mass is 35.5. The van der Waals surface area contributed by atoms with Crippen LogP contribution in [0.15, 0.2) is 73.1 Å². The summed E-state index contributed by atoms with van der Waals surface area (Å²) in [5, 5.41) is 0.745. The minimum atomic E-state index is -0.0621. The molecule has 1 atom stereocenters. The fourth-order valence-corrected chi connectivity index (χ4v) is 4.04. The van der Waals surface area contributed by atoms with Crippen molar-refractivity contribution >= 4 is 17.5 Å². The molecule has 3 aromatic rings. The van der Waals surface area contributed by atoms with Gasteiger partial charge < -0.3 is 9.64 Å². The van der Waals surface area contributed by atoms with Crippen molar-refractivity contribution in [1.82, 2.24) is 14.9 Å². The zero-order valence-electron chi connectivity index (χ0n) is 17.7. The summed E-state index contributed by atoms with van der Waals surface area (Å²) in [6, 6.07) is 20.2. The Kier molecular flexibility index (Phi) is 7.88. The minimum absolute atomic E-state index is 0.0621. The van der Waals surface area contributed by atoms with Gasteiger partial charge in [-0.25, -0.2) is 9.97 Å². The lowest BCUT2D eigenvalue weighted by Gasteiger charge is -2.34. The third-order valence-electron chi connectivity index (χ3n) is 5.64. The third kappa shape index (κ3) is 6.26. The summed E-state index contributed by atoms with van der Waals surface area (Å²) in [5.74, 6) is 0.838. The van der Waals surface area contributed by atoms with Crippen molar-refractivity contribution in [3.8, 4) is 0 Å². The van der Waals surface area contributed by atoms with Crippen LogP contribution in [0.4, 0.5) is 5.95 Å². The Bertz CT molecular complexity index is 900. The van der Waals surface area contributed by atoms with Crippen molar-refractivity contribution in [2.75, 3.05) is 44.2 Å². The van der Waals surface area contributed by atoms with Crippen molar-refractivity contribution in [2.24, 2.45) is 0 Å². The van der Waals surface area contributed by atoms with Gasteiger partial charge in [-0.15, -0.1) is 0 Å². The van der Waals surface area contributed by atoms with Crippen LogP contribution in [-0.4, -0.2) is 54.2 Å². The highest BCUT2D eigenvalue weighted by Crippen LogP contribution is 2.27. The van der Waals surface area contributed by atoms with Crippen LogP contribution in [0, 0.1) is 0 Å². The first kappa shape index (κ1) is 21.8. The smallest absolute Gasteiger partial charge is 0.225 e. The summed E-state index contributed by atoms with van der Waals surface area (Å²) in [6.45, 7) is 5.90. The summed E-state index contributed by atoms with van der Waals surface area (Å²) >= 11 is 6.07. The van der Waals surface area contributed by atoms with Gasteiger partial charge in [0.1, 0.15) is 6.10 Å². The molecule has 1 saturated heterocycles. The summed E-state index contributed by atoms with van der Waals surface area (Å²) < 4.78 is 6.33. The first-order chi connectivity index (χ1) is 15.3. The summed E-state index contributed by atoms with van der Waals surface area (Å²) in [4.78, 5) is 13.5. The van der Waals surface area contributed by atoms with Crippen LogP contribution in [0.2, 0.25) is 5.02 Å². The Hall–Kier alpha value is -2.47. The number of rotatable bonds is 9. The average molecular weight is 437 g/mol. The molecule has 4 rings (SSSR count). The number of unbranched alkanes of at least 4 members (excludes halogenated alkanes) is 1. The molecule has 0 radical (unpaired) electrons. The minimum Gasteiger partial charge on any atom is -0.369 e. The molecule has 162 valence electrons. The van der Waals surface area contributed by atoms with Crippen LogP contribution in [0.5, 0.6) is 0 Å². The average Bonchev–Trinajstić information content (AvgIpc) is 2.84. The molecule has 31 heavy (non-hydrogen) atoms. The Morgan fingerprint density at radius 3 is 2.19 bits per heavy atom. The van der Waals surface area contributed by atoms with E-state index in [1.807, 2.05) is 24.3 Å². The van der Waals surface area contributed by atoms with Crippen molar-refractivity contribution in [2.45, 2.75) is 18.9 Å². The van der Waals surface area contributed by atoms with Crippen molar-refractivity contribution in [3.63, 3.8) is 0 Å². The van der Waals surface area contributed by atoms with Crippen LogP contribution in [-0.2, 0) is 4.74 Å². The van der Waals surface area contributed by atoms with E-state index in [1.54, 1.807) is 12.4 Å². The molecule has 0 spiro atoms. The monoisotopic (exact) mass is 436 g/mol. The second kappa shape index (κ2) is 11.2. The predicted octanol–water partition coefficient (Wildman–Crippen LogP) is 4.84. The Morgan fingerprint density at radius 2 is 1.48 bits per heavy atom. The van der Waals surface area contributed by atoms with E-state index in [-0.39, 0.29) is 6.10 Å². The Labute approximate surface area is 189 Å². The number of ether oxygens (including phenoxy) is 1. The number of anilines is 1. The zero-order valence-corrected chi connectivity index (χ0v) is 18.5. The lowest BCUT2D eigenvalue weighted by atomic mass is 10.0. The summed E-state index contributed by atoms with van der Waals surface area (Å²) in [6.07, 6.45) is 5.72. The van der Waals surface area contributed by atoms with Gasteiger partial charge in [-0.1, -0.05) is 54.1 Å². The molecule has 6 heteroatoms. The second-order valence-corrected chi connectivity index (χ2v) is 8.23. The van der Waals surface area contributed by atoms with Crippen molar-refractivity contribution in [1.29, 1.82) is 0 Å². The van der Waals surface area contributed by atoms with Gasteiger partial charge in [-0.05, 0) is 48.7 Å². The number of halogens is 1. The molecule has 1 unspecified atom stereocenters. The Balaban J connectivity index is 1.21. The topological polar surface area (TPSA) is 41.5 Å². The normalized spacial score (nSPS) is 15.7. The number of benzene rings is 2. The van der Waals surface area contributed by atoms with Crippen LogP contribution in [0.1, 0.15) is 30.1 Å². The molecule has 2 heterocycles. The molecule has 0 saturated carbocycles. The number of nitrogens with zero attached hydrogens (tertiary/aromatic N) is 4. The number of hydrogen-bond acceptors (Lipinski definition) is 5. The lowest BCUT2D eigenvalue weighted by molar-refractivity contribution is 0.0751. The Morgan fingerprint density at radius 1 is 0.806 bits per heavy atom. The maximum atomic E-state index is 6.33. The van der Waals surface area contributed by atoms with E-state index >= 15 is 0 Å². The molecule has 5 nitrogen and oxygen atoms in total. The van der Waals surface area contributed by atoms with E-state index in [2.05, 4.69) is 56.2 Å². The zero-order chi connectivity index (χ0) is 21.3. The van der Waals surface area contributed by atoms with Gasteiger partial charge in [0.05, 0.1) is 0 Å². The molecular formula is C25H29ClN4O. The lowest BCUT2D eigenvalue weighted by Crippen LogP contribution is -2.47. The van der Waals surface area contributed by atoms with E-state index in [4.69, 9.17) is 16.3 Å². The summed E-state index contributed by atoms with van der Waals surface area (Å²) in [7, 11) is 0. The SMILES string of the molecule is Clc1ccc(C(OCCCCN2CCN(c3ncccn3)CC2)c2ccccc2)cc1.